The Hall–Kier alpha value is -2.37. The molecule has 0 atom stereocenters. The molecule has 0 saturated carbocycles. The second-order valence-electron chi connectivity index (χ2n) is 5.43. The van der Waals surface area contributed by atoms with Crippen LogP contribution in [0.2, 0.25) is 5.02 Å². The maximum Gasteiger partial charge on any atom is 0.271 e. The first-order valence-electron chi connectivity index (χ1n) is 7.51. The number of hydrogen-bond acceptors (Lipinski definition) is 4. The zero-order chi connectivity index (χ0) is 17.4. The van der Waals surface area contributed by atoms with Gasteiger partial charge in [0.15, 0.2) is 0 Å². The summed E-state index contributed by atoms with van der Waals surface area (Å²) in [6.07, 6.45) is 1.54. The van der Waals surface area contributed by atoms with Gasteiger partial charge >= 0.3 is 0 Å². The summed E-state index contributed by atoms with van der Waals surface area (Å²) in [6.45, 7) is 1.43. The minimum atomic E-state index is -0.284. The highest BCUT2D eigenvalue weighted by Gasteiger charge is 2.04. The fourth-order valence-corrected chi connectivity index (χ4v) is 2.06. The molecule has 24 heavy (non-hydrogen) atoms. The number of nitrogens with zero attached hydrogens (tertiary/aromatic N) is 2. The number of halogens is 1. The summed E-state index contributed by atoms with van der Waals surface area (Å²) < 4.78 is 5.59. The summed E-state index contributed by atoms with van der Waals surface area (Å²) in [4.78, 5) is 14.1. The molecule has 1 amide bonds. The maximum atomic E-state index is 12.0. The Kier molecular flexibility index (Phi) is 6.78. The van der Waals surface area contributed by atoms with Gasteiger partial charge in [0.2, 0.25) is 0 Å². The molecule has 1 N–H and O–H groups in total. The fraction of sp³-hybridized carbons (Fsp3) is 0.222. The molecule has 126 valence electrons. The zero-order valence-corrected chi connectivity index (χ0v) is 14.5. The van der Waals surface area contributed by atoms with Gasteiger partial charge in [0.1, 0.15) is 12.4 Å². The smallest absolute Gasteiger partial charge is 0.271 e. The van der Waals surface area contributed by atoms with Crippen LogP contribution in [0.25, 0.3) is 0 Å². The third kappa shape index (κ3) is 6.02. The molecule has 0 unspecified atom stereocenters. The molecule has 0 aliphatic rings. The molecule has 6 heteroatoms. The van der Waals surface area contributed by atoms with Gasteiger partial charge in [-0.15, -0.1) is 0 Å². The van der Waals surface area contributed by atoms with E-state index >= 15 is 0 Å². The minimum absolute atomic E-state index is 0.284. The Morgan fingerprint density at radius 1 is 1.25 bits per heavy atom. The minimum Gasteiger partial charge on any atom is -0.492 e. The lowest BCUT2D eigenvalue weighted by Gasteiger charge is -2.11. The summed E-state index contributed by atoms with van der Waals surface area (Å²) in [6, 6.07) is 14.2. The largest absolute Gasteiger partial charge is 0.492 e. The fourth-order valence-electron chi connectivity index (χ4n) is 1.87. The zero-order valence-electron chi connectivity index (χ0n) is 13.7. The quantitative estimate of drug-likeness (QED) is 0.620. The Bertz CT molecular complexity index is 700. The Morgan fingerprint density at radius 3 is 2.67 bits per heavy atom. The van der Waals surface area contributed by atoms with Crippen LogP contribution in [0.1, 0.15) is 15.9 Å². The first kappa shape index (κ1) is 18.0. The topological polar surface area (TPSA) is 53.9 Å². The number of carbonyl (C=O) groups excluding carboxylic acids is 1. The lowest BCUT2D eigenvalue weighted by atomic mass is 10.2. The molecule has 0 bridgehead atoms. The highest BCUT2D eigenvalue weighted by molar-refractivity contribution is 6.30. The van der Waals surface area contributed by atoms with Crippen molar-refractivity contribution in [3.05, 3.63) is 64.7 Å². The van der Waals surface area contributed by atoms with Crippen LogP contribution in [0.3, 0.4) is 0 Å². The van der Waals surface area contributed by atoms with Crippen molar-refractivity contribution in [2.75, 3.05) is 27.2 Å². The Morgan fingerprint density at radius 2 is 2.00 bits per heavy atom. The predicted molar refractivity (Wildman–Crippen MR) is 97.0 cm³/mol. The van der Waals surface area contributed by atoms with Gasteiger partial charge in [-0.05, 0) is 56.1 Å². The number of likely N-dealkylation sites (N-methyl/N-ethyl adjacent to an activating group) is 1. The van der Waals surface area contributed by atoms with Crippen LogP contribution in [-0.4, -0.2) is 44.3 Å². The number of hydrogen-bond donors (Lipinski definition) is 1. The molecule has 0 radical (unpaired) electrons. The van der Waals surface area contributed by atoms with E-state index in [-0.39, 0.29) is 5.91 Å². The molecular weight excluding hydrogens is 326 g/mol. The van der Waals surface area contributed by atoms with Crippen molar-refractivity contribution < 1.29 is 9.53 Å². The van der Waals surface area contributed by atoms with Crippen molar-refractivity contribution >= 4 is 23.7 Å². The van der Waals surface area contributed by atoms with Gasteiger partial charge in [0.25, 0.3) is 5.91 Å². The molecule has 0 aliphatic heterocycles. The van der Waals surface area contributed by atoms with Crippen molar-refractivity contribution in [2.24, 2.45) is 5.10 Å². The molecular formula is C18H20ClN3O2. The van der Waals surface area contributed by atoms with E-state index in [2.05, 4.69) is 10.5 Å². The molecule has 5 nitrogen and oxygen atoms in total. The van der Waals surface area contributed by atoms with E-state index in [1.807, 2.05) is 31.1 Å². The lowest BCUT2D eigenvalue weighted by molar-refractivity contribution is 0.0955. The van der Waals surface area contributed by atoms with E-state index in [9.17, 15) is 4.79 Å². The first-order valence-corrected chi connectivity index (χ1v) is 7.89. The van der Waals surface area contributed by atoms with Crippen molar-refractivity contribution in [1.82, 2.24) is 10.3 Å². The number of rotatable bonds is 7. The number of amides is 1. The third-order valence-corrected chi connectivity index (χ3v) is 3.39. The SMILES string of the molecule is CN(C)CCOc1ccc(C(=O)N/N=C/c2cccc(Cl)c2)cc1. The van der Waals surface area contributed by atoms with E-state index in [0.29, 0.717) is 17.2 Å². The number of benzene rings is 2. The van der Waals surface area contributed by atoms with E-state index < -0.39 is 0 Å². The Balaban J connectivity index is 1.86. The van der Waals surface area contributed by atoms with Crippen LogP contribution < -0.4 is 10.2 Å². The summed E-state index contributed by atoms with van der Waals surface area (Å²) in [5, 5.41) is 4.55. The van der Waals surface area contributed by atoms with Crippen molar-refractivity contribution in [1.29, 1.82) is 0 Å². The van der Waals surface area contributed by atoms with Crippen LogP contribution in [0.15, 0.2) is 53.6 Å². The standard InChI is InChI=1S/C18H20ClN3O2/c1-22(2)10-11-24-17-8-6-15(7-9-17)18(23)21-20-13-14-4-3-5-16(19)12-14/h3-9,12-13H,10-11H2,1-2H3,(H,21,23)/b20-13+. The van der Waals surface area contributed by atoms with E-state index in [4.69, 9.17) is 16.3 Å². The third-order valence-electron chi connectivity index (χ3n) is 3.15. The molecule has 0 spiro atoms. The van der Waals surface area contributed by atoms with Gasteiger partial charge in [-0.1, -0.05) is 23.7 Å². The van der Waals surface area contributed by atoms with Crippen LogP contribution in [-0.2, 0) is 0 Å². The molecule has 2 aromatic rings. The van der Waals surface area contributed by atoms with Crippen molar-refractivity contribution in [3.63, 3.8) is 0 Å². The number of hydrazone groups is 1. The second-order valence-corrected chi connectivity index (χ2v) is 5.87. The van der Waals surface area contributed by atoms with Gasteiger partial charge in [-0.25, -0.2) is 5.43 Å². The van der Waals surface area contributed by atoms with Crippen molar-refractivity contribution in [3.8, 4) is 5.75 Å². The van der Waals surface area contributed by atoms with Crippen molar-refractivity contribution in [2.45, 2.75) is 0 Å². The van der Waals surface area contributed by atoms with Crippen LogP contribution >= 0.6 is 11.6 Å². The molecule has 0 saturated heterocycles. The monoisotopic (exact) mass is 345 g/mol. The van der Waals surface area contributed by atoms with Crippen LogP contribution in [0.5, 0.6) is 5.75 Å². The van der Waals surface area contributed by atoms with E-state index in [1.165, 1.54) is 0 Å². The van der Waals surface area contributed by atoms with Gasteiger partial charge < -0.3 is 9.64 Å². The number of carbonyl (C=O) groups is 1. The second kappa shape index (κ2) is 9.05. The molecule has 0 heterocycles. The first-order chi connectivity index (χ1) is 11.5. The predicted octanol–water partition coefficient (Wildman–Crippen LogP) is 3.04. The molecule has 2 aromatic carbocycles. The molecule has 0 fully saturated rings. The molecule has 0 aliphatic carbocycles. The summed E-state index contributed by atoms with van der Waals surface area (Å²) in [5.41, 5.74) is 3.81. The summed E-state index contributed by atoms with van der Waals surface area (Å²) in [5.74, 6) is 0.448. The normalized spacial score (nSPS) is 11.0. The van der Waals surface area contributed by atoms with E-state index in [0.717, 1.165) is 17.9 Å². The van der Waals surface area contributed by atoms with E-state index in [1.54, 1.807) is 42.6 Å². The van der Waals surface area contributed by atoms with Gasteiger partial charge in [0, 0.05) is 17.1 Å². The summed E-state index contributed by atoms with van der Waals surface area (Å²) >= 11 is 5.89. The highest BCUT2D eigenvalue weighted by atomic mass is 35.5. The molecule has 0 aromatic heterocycles. The summed E-state index contributed by atoms with van der Waals surface area (Å²) in [7, 11) is 3.97. The van der Waals surface area contributed by atoms with Gasteiger partial charge in [0.05, 0.1) is 6.21 Å². The lowest BCUT2D eigenvalue weighted by Crippen LogP contribution is -2.19. The maximum absolute atomic E-state index is 12.0. The average molecular weight is 346 g/mol. The van der Waals surface area contributed by atoms with Gasteiger partial charge in [-0.3, -0.25) is 4.79 Å². The highest BCUT2D eigenvalue weighted by Crippen LogP contribution is 2.12. The molecule has 2 rings (SSSR count). The number of nitrogens with one attached hydrogen (secondary N) is 1. The van der Waals surface area contributed by atoms with Crippen LogP contribution in [0.4, 0.5) is 0 Å². The van der Waals surface area contributed by atoms with Crippen LogP contribution in [0, 0.1) is 0 Å². The Labute approximate surface area is 146 Å². The average Bonchev–Trinajstić information content (AvgIpc) is 2.55. The van der Waals surface area contributed by atoms with Gasteiger partial charge in [-0.2, -0.15) is 5.10 Å². The number of ether oxygens (including phenoxy) is 1.